The van der Waals surface area contributed by atoms with Crippen LogP contribution in [0.3, 0.4) is 0 Å². The van der Waals surface area contributed by atoms with E-state index in [-0.39, 0.29) is 13.5 Å². The molecule has 0 amide bonds. The van der Waals surface area contributed by atoms with Gasteiger partial charge in [-0.3, -0.25) is 0 Å². The summed E-state index contributed by atoms with van der Waals surface area (Å²) in [5.74, 6) is 5.09. The molecule has 1 N–H and O–H groups in total. The number of hydrogen-bond acceptors (Lipinski definition) is 1. The number of aliphatic hydroxyl groups is 1. The lowest BCUT2D eigenvalue weighted by Crippen LogP contribution is -2.50. The lowest BCUT2D eigenvalue weighted by atomic mass is 9.47. The van der Waals surface area contributed by atoms with Crippen LogP contribution in [0.15, 0.2) is 23.8 Å². The average molecular weight is 415 g/mol. The molecule has 0 heterocycles. The SMILES string of the molecule is C.CCC(/C=C/CC1CCC2C3CC=C4CC(O)CCC4(C)C3CCC12C)C(C)C. The van der Waals surface area contributed by atoms with Crippen LogP contribution in [0.5, 0.6) is 0 Å². The van der Waals surface area contributed by atoms with Gasteiger partial charge in [-0.15, -0.1) is 0 Å². The van der Waals surface area contributed by atoms with Crippen LogP contribution in [-0.4, -0.2) is 11.2 Å². The van der Waals surface area contributed by atoms with Gasteiger partial charge in [-0.2, -0.15) is 0 Å². The fraction of sp³-hybridized carbons (Fsp3) is 0.862. The highest BCUT2D eigenvalue weighted by Gasteiger charge is 2.58. The highest BCUT2D eigenvalue weighted by atomic mass is 16.3. The molecule has 30 heavy (non-hydrogen) atoms. The van der Waals surface area contributed by atoms with E-state index >= 15 is 0 Å². The first-order chi connectivity index (χ1) is 13.8. The molecule has 1 nitrogen and oxygen atoms in total. The molecule has 0 bridgehead atoms. The molecule has 0 radical (unpaired) electrons. The second-order valence-corrected chi connectivity index (χ2v) is 12.0. The number of rotatable bonds is 5. The van der Waals surface area contributed by atoms with Gasteiger partial charge < -0.3 is 5.11 Å². The van der Waals surface area contributed by atoms with Crippen molar-refractivity contribution in [3.63, 3.8) is 0 Å². The largest absolute Gasteiger partial charge is 0.393 e. The maximum atomic E-state index is 10.2. The third-order valence-corrected chi connectivity index (χ3v) is 10.4. The zero-order valence-electron chi connectivity index (χ0n) is 19.8. The Labute approximate surface area is 187 Å². The van der Waals surface area contributed by atoms with E-state index in [1.165, 1.54) is 51.4 Å². The summed E-state index contributed by atoms with van der Waals surface area (Å²) in [6.07, 6.45) is 20.4. The van der Waals surface area contributed by atoms with Crippen molar-refractivity contribution < 1.29 is 5.11 Å². The van der Waals surface area contributed by atoms with Crippen LogP contribution in [-0.2, 0) is 0 Å². The quantitative estimate of drug-likeness (QED) is 0.449. The first-order valence-corrected chi connectivity index (χ1v) is 12.8. The summed E-state index contributed by atoms with van der Waals surface area (Å²) >= 11 is 0. The Balaban J connectivity index is 0.00000256. The summed E-state index contributed by atoms with van der Waals surface area (Å²) in [7, 11) is 0. The summed E-state index contributed by atoms with van der Waals surface area (Å²) in [4.78, 5) is 0. The Morgan fingerprint density at radius 3 is 2.57 bits per heavy atom. The van der Waals surface area contributed by atoms with Crippen LogP contribution < -0.4 is 0 Å². The van der Waals surface area contributed by atoms with Gasteiger partial charge in [0.25, 0.3) is 0 Å². The lowest BCUT2D eigenvalue weighted by Gasteiger charge is -2.58. The maximum Gasteiger partial charge on any atom is 0.0577 e. The molecule has 8 unspecified atom stereocenters. The fourth-order valence-corrected chi connectivity index (χ4v) is 8.39. The molecular formula is C29H50O. The molecule has 0 aliphatic heterocycles. The average Bonchev–Trinajstić information content (AvgIpc) is 3.02. The molecule has 0 aromatic rings. The predicted octanol–water partition coefficient (Wildman–Crippen LogP) is 8.19. The van der Waals surface area contributed by atoms with Crippen LogP contribution in [0.25, 0.3) is 0 Å². The van der Waals surface area contributed by atoms with Crippen LogP contribution in [0.2, 0.25) is 0 Å². The van der Waals surface area contributed by atoms with E-state index in [0.717, 1.165) is 48.3 Å². The molecule has 0 aromatic carbocycles. The first kappa shape index (κ1) is 24.1. The van der Waals surface area contributed by atoms with Crippen molar-refractivity contribution in [1.29, 1.82) is 0 Å². The van der Waals surface area contributed by atoms with Crippen molar-refractivity contribution >= 4 is 0 Å². The van der Waals surface area contributed by atoms with E-state index in [9.17, 15) is 5.11 Å². The van der Waals surface area contributed by atoms with Crippen LogP contribution in [0, 0.1) is 46.3 Å². The van der Waals surface area contributed by atoms with Crippen LogP contribution >= 0.6 is 0 Å². The second kappa shape index (κ2) is 9.13. The van der Waals surface area contributed by atoms with Crippen molar-refractivity contribution in [3.05, 3.63) is 23.8 Å². The van der Waals surface area contributed by atoms with E-state index in [4.69, 9.17) is 0 Å². The minimum atomic E-state index is -0.0832. The van der Waals surface area contributed by atoms with Crippen molar-refractivity contribution in [1.82, 2.24) is 0 Å². The third kappa shape index (κ3) is 3.98. The van der Waals surface area contributed by atoms with Crippen LogP contribution in [0.1, 0.15) is 106 Å². The maximum absolute atomic E-state index is 10.2. The molecule has 4 rings (SSSR count). The van der Waals surface area contributed by atoms with Gasteiger partial charge in [0.1, 0.15) is 0 Å². The second-order valence-electron chi connectivity index (χ2n) is 12.0. The van der Waals surface area contributed by atoms with Gasteiger partial charge in [0, 0.05) is 0 Å². The molecule has 3 fully saturated rings. The predicted molar refractivity (Wildman–Crippen MR) is 130 cm³/mol. The van der Waals surface area contributed by atoms with Crippen molar-refractivity contribution in [2.45, 2.75) is 112 Å². The Morgan fingerprint density at radius 2 is 1.87 bits per heavy atom. The third-order valence-electron chi connectivity index (χ3n) is 10.4. The van der Waals surface area contributed by atoms with E-state index in [0.29, 0.717) is 10.8 Å². The standard InChI is InChI=1S/C28H46O.CH4/c1-6-20(19(2)3)8-7-9-21-11-13-25-24-12-10-22-18-23(29)14-16-28(22,5)26(24)15-17-27(21,25)4;/h7-8,10,19-21,23-26,29H,6,9,11-18H2,1-5H3;1H4/b8-7+;. The minimum absolute atomic E-state index is 0. The number of aliphatic hydroxyl groups excluding tert-OH is 1. The topological polar surface area (TPSA) is 20.2 Å². The molecule has 0 aromatic heterocycles. The molecule has 172 valence electrons. The number of fused-ring (bicyclic) bond motifs is 5. The zero-order valence-corrected chi connectivity index (χ0v) is 19.8. The Kier molecular flexibility index (Phi) is 7.33. The molecule has 4 aliphatic rings. The Morgan fingerprint density at radius 1 is 1.10 bits per heavy atom. The van der Waals surface area contributed by atoms with Gasteiger partial charge in [-0.05, 0) is 111 Å². The smallest absolute Gasteiger partial charge is 0.0577 e. The monoisotopic (exact) mass is 414 g/mol. The first-order valence-electron chi connectivity index (χ1n) is 12.8. The van der Waals surface area contributed by atoms with E-state index < -0.39 is 0 Å². The summed E-state index contributed by atoms with van der Waals surface area (Å²) in [5, 5.41) is 10.2. The molecule has 4 aliphatic carbocycles. The van der Waals surface area contributed by atoms with E-state index in [1.54, 1.807) is 5.57 Å². The molecule has 1 heteroatoms. The molecule has 3 saturated carbocycles. The van der Waals surface area contributed by atoms with Gasteiger partial charge in [-0.25, -0.2) is 0 Å². The minimum Gasteiger partial charge on any atom is -0.393 e. The molecule has 8 atom stereocenters. The lowest BCUT2D eigenvalue weighted by molar-refractivity contribution is -0.0492. The summed E-state index contributed by atoms with van der Waals surface area (Å²) in [5.41, 5.74) is 2.55. The van der Waals surface area contributed by atoms with Gasteiger partial charge in [0.2, 0.25) is 0 Å². The fourth-order valence-electron chi connectivity index (χ4n) is 8.39. The van der Waals surface area contributed by atoms with Gasteiger partial charge >= 0.3 is 0 Å². The van der Waals surface area contributed by atoms with E-state index in [2.05, 4.69) is 52.8 Å². The molecular weight excluding hydrogens is 364 g/mol. The van der Waals surface area contributed by atoms with Gasteiger partial charge in [0.05, 0.1) is 6.10 Å². The number of allylic oxidation sites excluding steroid dienone is 3. The van der Waals surface area contributed by atoms with Crippen LogP contribution in [0.4, 0.5) is 0 Å². The van der Waals surface area contributed by atoms with Gasteiger partial charge in [-0.1, -0.05) is 65.8 Å². The Hall–Kier alpha value is -0.560. The van der Waals surface area contributed by atoms with Crippen molar-refractivity contribution in [2.75, 3.05) is 0 Å². The van der Waals surface area contributed by atoms with Crippen molar-refractivity contribution in [3.8, 4) is 0 Å². The number of hydrogen-bond donors (Lipinski definition) is 1. The summed E-state index contributed by atoms with van der Waals surface area (Å²) < 4.78 is 0. The normalized spacial score (nSPS) is 44.1. The summed E-state index contributed by atoms with van der Waals surface area (Å²) in [6, 6.07) is 0. The Bertz CT molecular complexity index is 645. The van der Waals surface area contributed by atoms with Crippen molar-refractivity contribution in [2.24, 2.45) is 46.3 Å². The zero-order chi connectivity index (χ0) is 20.8. The molecule has 0 spiro atoms. The highest BCUT2D eigenvalue weighted by Crippen LogP contribution is 2.66. The van der Waals surface area contributed by atoms with E-state index in [1.807, 2.05) is 0 Å². The highest BCUT2D eigenvalue weighted by molar-refractivity contribution is 5.25. The molecule has 0 saturated heterocycles. The van der Waals surface area contributed by atoms with Gasteiger partial charge in [0.15, 0.2) is 0 Å². The summed E-state index contributed by atoms with van der Waals surface area (Å²) in [6.45, 7) is 12.3.